The van der Waals surface area contributed by atoms with Crippen LogP contribution < -0.4 is 21.5 Å². The topological polar surface area (TPSA) is 200 Å². The first kappa shape index (κ1) is 56.3. The minimum absolute atomic E-state index is 0.0509. The normalized spacial score (nSPS) is 14.1. The Bertz CT molecular complexity index is 3100. The number of piperidine rings is 1. The van der Waals surface area contributed by atoms with Crippen molar-refractivity contribution in [3.8, 4) is 22.5 Å². The third-order valence-corrected chi connectivity index (χ3v) is 14.5. The van der Waals surface area contributed by atoms with E-state index in [2.05, 4.69) is 54.6 Å². The lowest BCUT2D eigenvalue weighted by Gasteiger charge is -2.36. The lowest BCUT2D eigenvalue weighted by Crippen LogP contribution is -2.47. The summed E-state index contributed by atoms with van der Waals surface area (Å²) in [6, 6.07) is 21.9. The van der Waals surface area contributed by atoms with Crippen molar-refractivity contribution in [2.45, 2.75) is 90.1 Å². The van der Waals surface area contributed by atoms with E-state index in [0.29, 0.717) is 72.9 Å². The summed E-state index contributed by atoms with van der Waals surface area (Å²) < 4.78 is 5.02. The standard InChI is InChI=1S/C24H30Cl2N6O2.C23H30N6O2.C9H10O/c1-15(33)31-10-6-19-17(14-31)22-16(13-18(25)23(26)24(22)29-19)20-7-11-32(30-20)12-9-28-21(34)5-3-4-8-27-2;1-4-11-24-14-17-5-7-18(8-6-17)21-19-20(26-28(21)3)22(30)29(16-25-19)15-23(31)9-12-27(2)13-10-23;10-8-4-7-9-5-2-1-3-6-9/h7,11,13,27,29H,3-6,8-10,12,14H2,1-2H3,(H,28,34);4-8,16,24,31H,1,9-15H2,2-3H3;1-3,5-6,8H,4,7H2. The van der Waals surface area contributed by atoms with Crippen LogP contribution in [0, 0.1) is 0 Å². The van der Waals surface area contributed by atoms with Crippen molar-refractivity contribution in [1.29, 1.82) is 0 Å². The van der Waals surface area contributed by atoms with Crippen LogP contribution in [0.4, 0.5) is 0 Å². The first-order chi connectivity index (χ1) is 36.2. The van der Waals surface area contributed by atoms with Crippen molar-refractivity contribution in [2.24, 2.45) is 7.05 Å². The van der Waals surface area contributed by atoms with Gasteiger partial charge in [0, 0.05) is 113 Å². The Hall–Kier alpha value is -6.47. The van der Waals surface area contributed by atoms with Gasteiger partial charge in [-0.05, 0) is 76.0 Å². The fourth-order valence-corrected chi connectivity index (χ4v) is 9.84. The van der Waals surface area contributed by atoms with Crippen LogP contribution in [-0.4, -0.2) is 126 Å². The second kappa shape index (κ2) is 26.8. The van der Waals surface area contributed by atoms with E-state index in [0.717, 1.165) is 109 Å². The highest BCUT2D eigenvalue weighted by Gasteiger charge is 2.33. The first-order valence-electron chi connectivity index (χ1n) is 25.7. The number of amides is 2. The predicted octanol–water partition coefficient (Wildman–Crippen LogP) is 7.10. The maximum atomic E-state index is 13.1. The zero-order valence-corrected chi connectivity index (χ0v) is 45.0. The summed E-state index contributed by atoms with van der Waals surface area (Å²) >= 11 is 13.0. The average Bonchev–Trinajstić information content (AvgIpc) is 4.15. The highest BCUT2D eigenvalue weighted by molar-refractivity contribution is 6.45. The zero-order chi connectivity index (χ0) is 53.5. The molecule has 0 aliphatic carbocycles. The number of aldehydes is 1. The van der Waals surface area contributed by atoms with Crippen molar-refractivity contribution >= 4 is 63.2 Å². The Morgan fingerprint density at radius 1 is 0.960 bits per heavy atom. The van der Waals surface area contributed by atoms with Gasteiger partial charge in [0.25, 0.3) is 5.56 Å². The molecular formula is C56H70Cl2N12O5. The molecule has 1 fully saturated rings. The molecule has 1 saturated heterocycles. The molecule has 2 aliphatic rings. The largest absolute Gasteiger partial charge is 0.388 e. The summed E-state index contributed by atoms with van der Waals surface area (Å²) in [5, 5.41) is 31.3. The van der Waals surface area contributed by atoms with Gasteiger partial charge < -0.3 is 40.6 Å². The van der Waals surface area contributed by atoms with Crippen molar-refractivity contribution in [2.75, 3.05) is 53.4 Å². The number of unbranched alkanes of at least 4 members (excludes halogenated alkanes) is 1. The van der Waals surface area contributed by atoms with Gasteiger partial charge in [0.15, 0.2) is 5.52 Å². The summed E-state index contributed by atoms with van der Waals surface area (Å²) in [4.78, 5) is 59.1. The van der Waals surface area contributed by atoms with Crippen LogP contribution in [0.1, 0.15) is 67.8 Å². The molecule has 398 valence electrons. The molecule has 0 saturated carbocycles. The molecule has 0 unspecified atom stereocenters. The molecule has 19 heteroatoms. The monoisotopic (exact) mass is 1060 g/mol. The second-order valence-electron chi connectivity index (χ2n) is 19.3. The number of rotatable bonds is 19. The molecule has 3 aromatic carbocycles. The number of nitrogens with one attached hydrogen (secondary N) is 4. The molecule has 0 atom stereocenters. The molecule has 75 heavy (non-hydrogen) atoms. The minimum atomic E-state index is -0.890. The van der Waals surface area contributed by atoms with Gasteiger partial charge in [-0.2, -0.15) is 10.2 Å². The Morgan fingerprint density at radius 3 is 2.43 bits per heavy atom. The minimum Gasteiger partial charge on any atom is -0.388 e. The van der Waals surface area contributed by atoms with E-state index >= 15 is 0 Å². The number of aliphatic hydroxyl groups is 1. The number of hydrogen-bond donors (Lipinski definition) is 5. The van der Waals surface area contributed by atoms with Crippen LogP contribution in [0.15, 0.2) is 96.7 Å². The van der Waals surface area contributed by atoms with E-state index in [-0.39, 0.29) is 23.9 Å². The number of benzene rings is 3. The summed E-state index contributed by atoms with van der Waals surface area (Å²) in [6.07, 6.45) is 12.1. The molecule has 6 heterocycles. The quantitative estimate of drug-likeness (QED) is 0.0315. The molecule has 2 amide bonds. The second-order valence-corrected chi connectivity index (χ2v) is 20.1. The SMILES string of the molecule is C=CCNCc1ccc(-c2c3ncn(CC4(O)CCN(C)CC4)c(=O)c3nn2C)cc1.CNCCCCC(=O)NCCn1ccc(-c2cc(Cl)c(Cl)c3[nH]c4c(c23)CN(C(C)=O)CC4)n1.O=CCCc1ccccc1. The fraction of sp³-hybridized carbons (Fsp3) is 0.411. The van der Waals surface area contributed by atoms with Gasteiger partial charge >= 0.3 is 0 Å². The van der Waals surface area contributed by atoms with E-state index in [9.17, 15) is 24.3 Å². The Balaban J connectivity index is 0.000000185. The number of aryl methyl sites for hydroxylation is 2. The number of nitrogens with zero attached hydrogens (tertiary/aromatic N) is 8. The lowest BCUT2D eigenvalue weighted by molar-refractivity contribution is -0.129. The molecule has 2 aliphatic heterocycles. The Morgan fingerprint density at radius 2 is 1.72 bits per heavy atom. The van der Waals surface area contributed by atoms with Crippen LogP contribution in [-0.2, 0) is 60.5 Å². The number of H-pyrrole nitrogens is 1. The van der Waals surface area contributed by atoms with Crippen LogP contribution in [0.25, 0.3) is 44.5 Å². The van der Waals surface area contributed by atoms with Crippen LogP contribution in [0.5, 0.6) is 0 Å². The third-order valence-electron chi connectivity index (χ3n) is 13.7. The molecular weight excluding hydrogens is 992 g/mol. The number of halogens is 2. The number of carbonyl (C=O) groups is 3. The van der Waals surface area contributed by atoms with Gasteiger partial charge in [-0.3, -0.25) is 28.3 Å². The maximum Gasteiger partial charge on any atom is 0.281 e. The van der Waals surface area contributed by atoms with E-state index in [1.54, 1.807) is 17.9 Å². The highest BCUT2D eigenvalue weighted by atomic mass is 35.5. The molecule has 17 nitrogen and oxygen atoms in total. The molecule has 0 spiro atoms. The molecule has 7 aromatic rings. The molecule has 4 aromatic heterocycles. The predicted molar refractivity (Wildman–Crippen MR) is 298 cm³/mol. The van der Waals surface area contributed by atoms with Crippen molar-refractivity contribution in [3.63, 3.8) is 0 Å². The molecule has 5 N–H and O–H groups in total. The fourth-order valence-electron chi connectivity index (χ4n) is 9.44. The summed E-state index contributed by atoms with van der Waals surface area (Å²) in [6.45, 7) is 11.9. The molecule has 0 bridgehead atoms. The summed E-state index contributed by atoms with van der Waals surface area (Å²) in [7, 11) is 5.77. The number of fused-ring (bicyclic) bond motifs is 4. The summed E-state index contributed by atoms with van der Waals surface area (Å²) in [5.41, 5.74) is 8.52. The third kappa shape index (κ3) is 14.7. The van der Waals surface area contributed by atoms with Gasteiger partial charge in [-0.15, -0.1) is 6.58 Å². The first-order valence-corrected chi connectivity index (χ1v) is 26.4. The van der Waals surface area contributed by atoms with Gasteiger partial charge in [0.1, 0.15) is 11.8 Å². The lowest BCUT2D eigenvalue weighted by atomic mass is 9.91. The molecule has 0 radical (unpaired) electrons. The number of likely N-dealkylation sites (tertiary alicyclic amines) is 1. The van der Waals surface area contributed by atoms with Gasteiger partial charge in [0.05, 0.1) is 52.0 Å². The highest BCUT2D eigenvalue weighted by Crippen LogP contribution is 2.42. The van der Waals surface area contributed by atoms with Gasteiger partial charge in [-0.25, -0.2) is 4.98 Å². The van der Waals surface area contributed by atoms with Crippen LogP contribution >= 0.6 is 23.2 Å². The van der Waals surface area contributed by atoms with E-state index in [1.165, 1.54) is 15.7 Å². The van der Waals surface area contributed by atoms with E-state index in [1.807, 2.05) is 97.6 Å². The van der Waals surface area contributed by atoms with Gasteiger partial charge in [0.2, 0.25) is 11.8 Å². The van der Waals surface area contributed by atoms with E-state index in [4.69, 9.17) is 28.3 Å². The smallest absolute Gasteiger partial charge is 0.281 e. The number of aromatic nitrogens is 7. The van der Waals surface area contributed by atoms with Crippen LogP contribution in [0.3, 0.4) is 0 Å². The Labute approximate surface area is 448 Å². The van der Waals surface area contributed by atoms with Crippen molar-refractivity contribution < 1.29 is 19.5 Å². The molecule has 9 rings (SSSR count). The summed E-state index contributed by atoms with van der Waals surface area (Å²) in [5.74, 6) is 0.110. The maximum absolute atomic E-state index is 13.1. The Kier molecular flexibility index (Phi) is 20.1. The number of hydrogen-bond acceptors (Lipinski definition) is 11. The van der Waals surface area contributed by atoms with Gasteiger partial charge in [-0.1, -0.05) is 83.9 Å². The number of aromatic amines is 1. The van der Waals surface area contributed by atoms with Crippen molar-refractivity contribution in [3.05, 3.63) is 135 Å². The average molecular weight is 1060 g/mol. The van der Waals surface area contributed by atoms with Crippen LogP contribution in [0.2, 0.25) is 10.0 Å². The van der Waals surface area contributed by atoms with Crippen molar-refractivity contribution in [1.82, 2.24) is 59.8 Å². The van der Waals surface area contributed by atoms with E-state index < -0.39 is 5.60 Å². The zero-order valence-electron chi connectivity index (χ0n) is 43.5. The number of carbonyl (C=O) groups excluding carboxylic acids is 3.